The first-order valence-corrected chi connectivity index (χ1v) is 12.2. The topological polar surface area (TPSA) is 112 Å². The lowest BCUT2D eigenvalue weighted by molar-refractivity contribution is -0.122. The SMILES string of the molecule is COc1cc2nccc(Oc3ccc(NC(=O)[C@H]4[C@@H](C(=O)Nc5ccc(F)cc5)C4(C)C)nc3)c2cc1OC.[HH].[HH]. The molecule has 0 bridgehead atoms. The molecule has 0 saturated heterocycles. The Morgan fingerprint density at radius 3 is 2.18 bits per heavy atom. The third-order valence-corrected chi connectivity index (χ3v) is 6.93. The van der Waals surface area contributed by atoms with Crippen molar-refractivity contribution in [1.29, 1.82) is 0 Å². The van der Waals surface area contributed by atoms with Crippen LogP contribution >= 0.6 is 0 Å². The Morgan fingerprint density at radius 1 is 0.872 bits per heavy atom. The minimum absolute atomic E-state index is 0. The fourth-order valence-corrected chi connectivity index (χ4v) is 4.75. The Bertz CT molecular complexity index is 1550. The van der Waals surface area contributed by atoms with Crippen molar-refractivity contribution >= 4 is 34.2 Å². The molecular weight excluding hydrogens is 503 g/mol. The molecule has 4 aromatic rings. The van der Waals surface area contributed by atoms with Gasteiger partial charge in [0.1, 0.15) is 23.1 Å². The van der Waals surface area contributed by atoms with Crippen LogP contribution in [0.15, 0.2) is 67.0 Å². The highest BCUT2D eigenvalue weighted by molar-refractivity contribution is 6.04. The van der Waals surface area contributed by atoms with E-state index >= 15 is 0 Å². The summed E-state index contributed by atoms with van der Waals surface area (Å²) in [6.45, 7) is 3.72. The number of hydrogen-bond donors (Lipinski definition) is 2. The number of methoxy groups -OCH3 is 2. The lowest BCUT2D eigenvalue weighted by Gasteiger charge is -2.12. The maximum Gasteiger partial charge on any atom is 0.230 e. The summed E-state index contributed by atoms with van der Waals surface area (Å²) in [7, 11) is 3.11. The van der Waals surface area contributed by atoms with Gasteiger partial charge < -0.3 is 24.8 Å². The fourth-order valence-electron chi connectivity index (χ4n) is 4.75. The van der Waals surface area contributed by atoms with Crippen molar-refractivity contribution in [2.45, 2.75) is 13.8 Å². The van der Waals surface area contributed by atoms with Gasteiger partial charge in [-0.05, 0) is 53.9 Å². The number of rotatable bonds is 8. The Hall–Kier alpha value is -4.73. The number of fused-ring (bicyclic) bond motifs is 1. The van der Waals surface area contributed by atoms with Crippen molar-refractivity contribution in [3.05, 3.63) is 72.8 Å². The van der Waals surface area contributed by atoms with Crippen molar-refractivity contribution in [3.8, 4) is 23.0 Å². The van der Waals surface area contributed by atoms with Crippen LogP contribution < -0.4 is 24.8 Å². The number of pyridine rings is 2. The molecule has 1 saturated carbocycles. The van der Waals surface area contributed by atoms with Gasteiger partial charge >= 0.3 is 0 Å². The van der Waals surface area contributed by atoms with Gasteiger partial charge in [0.05, 0.1) is 37.8 Å². The second-order valence-electron chi connectivity index (χ2n) is 9.78. The molecule has 9 nitrogen and oxygen atoms in total. The minimum Gasteiger partial charge on any atom is -0.493 e. The quantitative estimate of drug-likeness (QED) is 0.289. The zero-order valence-electron chi connectivity index (χ0n) is 21.8. The molecular formula is C29H31FN4O5. The van der Waals surface area contributed by atoms with Crippen LogP contribution in [0.2, 0.25) is 0 Å². The van der Waals surface area contributed by atoms with Crippen LogP contribution in [0.4, 0.5) is 15.9 Å². The molecule has 39 heavy (non-hydrogen) atoms. The van der Waals surface area contributed by atoms with Gasteiger partial charge in [-0.2, -0.15) is 0 Å². The molecule has 1 fully saturated rings. The molecule has 2 atom stereocenters. The monoisotopic (exact) mass is 534 g/mol. The van der Waals surface area contributed by atoms with Gasteiger partial charge in [-0.1, -0.05) is 13.8 Å². The molecule has 10 heteroatoms. The molecule has 2 amide bonds. The first kappa shape index (κ1) is 25.9. The Kier molecular flexibility index (Phi) is 6.78. The minimum atomic E-state index is -0.538. The van der Waals surface area contributed by atoms with Crippen LogP contribution in [0.25, 0.3) is 10.9 Å². The molecule has 5 rings (SSSR count). The number of hydrogen-bond acceptors (Lipinski definition) is 7. The molecule has 2 aromatic heterocycles. The van der Waals surface area contributed by atoms with Gasteiger partial charge in [-0.3, -0.25) is 14.6 Å². The molecule has 0 spiro atoms. The number of benzene rings is 2. The first-order chi connectivity index (χ1) is 18.7. The third-order valence-electron chi connectivity index (χ3n) is 6.93. The predicted molar refractivity (Wildman–Crippen MR) is 148 cm³/mol. The highest BCUT2D eigenvalue weighted by Crippen LogP contribution is 2.59. The summed E-state index contributed by atoms with van der Waals surface area (Å²) in [6, 6.07) is 14.1. The van der Waals surface area contributed by atoms with E-state index in [4.69, 9.17) is 14.2 Å². The molecule has 1 aliphatic rings. The van der Waals surface area contributed by atoms with Crippen LogP contribution in [0.3, 0.4) is 0 Å². The average Bonchev–Trinajstić information content (AvgIpc) is 3.52. The lowest BCUT2D eigenvalue weighted by Crippen LogP contribution is -2.21. The largest absolute Gasteiger partial charge is 0.493 e. The number of halogens is 1. The van der Waals surface area contributed by atoms with Crippen molar-refractivity contribution in [1.82, 2.24) is 9.97 Å². The molecule has 2 aromatic carbocycles. The highest BCUT2D eigenvalue weighted by atomic mass is 19.1. The van der Waals surface area contributed by atoms with E-state index in [1.54, 1.807) is 50.7 Å². The van der Waals surface area contributed by atoms with Crippen LogP contribution in [0.1, 0.15) is 16.7 Å². The molecule has 204 valence electrons. The fraction of sp³-hybridized carbons (Fsp3) is 0.241. The van der Waals surface area contributed by atoms with Gasteiger partial charge in [-0.15, -0.1) is 0 Å². The van der Waals surface area contributed by atoms with E-state index in [2.05, 4.69) is 20.6 Å². The zero-order valence-corrected chi connectivity index (χ0v) is 21.8. The number of nitrogens with one attached hydrogen (secondary N) is 2. The number of anilines is 2. The first-order valence-electron chi connectivity index (χ1n) is 12.2. The second-order valence-corrected chi connectivity index (χ2v) is 9.78. The number of carbonyl (C=O) groups excluding carboxylic acids is 2. The maximum atomic E-state index is 13.2. The van der Waals surface area contributed by atoms with Gasteiger partial charge in [0, 0.05) is 26.2 Å². The van der Waals surface area contributed by atoms with Crippen LogP contribution in [0, 0.1) is 23.1 Å². The lowest BCUT2D eigenvalue weighted by atomic mass is 10.1. The Labute approximate surface area is 227 Å². The van der Waals surface area contributed by atoms with E-state index in [9.17, 15) is 14.0 Å². The van der Waals surface area contributed by atoms with Gasteiger partial charge in [0.2, 0.25) is 11.8 Å². The van der Waals surface area contributed by atoms with E-state index in [-0.39, 0.29) is 14.7 Å². The van der Waals surface area contributed by atoms with Crippen LogP contribution in [0.5, 0.6) is 23.0 Å². The second kappa shape index (κ2) is 10.2. The highest BCUT2D eigenvalue weighted by Gasteiger charge is 2.65. The van der Waals surface area contributed by atoms with E-state index in [0.29, 0.717) is 40.0 Å². The van der Waals surface area contributed by atoms with E-state index in [0.717, 1.165) is 5.39 Å². The summed E-state index contributed by atoms with van der Waals surface area (Å²) >= 11 is 0. The summed E-state index contributed by atoms with van der Waals surface area (Å²) in [5.41, 5.74) is 0.607. The van der Waals surface area contributed by atoms with E-state index < -0.39 is 23.1 Å². The standard InChI is InChI=1S/C29H27FN4O5.2H2/c1-29(2)25(27(35)33-17-7-5-16(30)6-8-17)26(29)28(36)34-24-10-9-18(15-32-24)39-21-11-12-31-20-14-23(38-4)22(37-3)13-19(20)21;;/h5-15,25-26H,1-4H3,(H,33,35)(H,32,34,36);2*1H/t25-,26+;;/m0../s1. The number of aromatic nitrogens is 2. The van der Waals surface area contributed by atoms with Crippen molar-refractivity contribution in [3.63, 3.8) is 0 Å². The maximum absolute atomic E-state index is 13.2. The van der Waals surface area contributed by atoms with Crippen LogP contribution in [-0.2, 0) is 9.59 Å². The van der Waals surface area contributed by atoms with Crippen molar-refractivity contribution in [2.75, 3.05) is 24.9 Å². The summed E-state index contributed by atoms with van der Waals surface area (Å²) in [6.07, 6.45) is 3.13. The van der Waals surface area contributed by atoms with Crippen molar-refractivity contribution < 1.29 is 31.0 Å². The number of nitrogens with zero attached hydrogens (tertiary/aromatic N) is 2. The van der Waals surface area contributed by atoms with Crippen LogP contribution in [-0.4, -0.2) is 36.0 Å². The van der Waals surface area contributed by atoms with Gasteiger partial charge in [0.15, 0.2) is 11.5 Å². The molecule has 2 N–H and O–H groups in total. The molecule has 0 unspecified atom stereocenters. The molecule has 0 aliphatic heterocycles. The number of carbonyl (C=O) groups is 2. The number of amides is 2. The zero-order chi connectivity index (χ0) is 27.7. The smallest absolute Gasteiger partial charge is 0.230 e. The average molecular weight is 535 g/mol. The van der Waals surface area contributed by atoms with Gasteiger partial charge in [0.25, 0.3) is 0 Å². The summed E-state index contributed by atoms with van der Waals surface area (Å²) < 4.78 is 29.9. The predicted octanol–water partition coefficient (Wildman–Crippen LogP) is 5.92. The third kappa shape index (κ3) is 5.18. The molecule has 1 aliphatic carbocycles. The Balaban J connectivity index is 0.00000231. The summed E-state index contributed by atoms with van der Waals surface area (Å²) in [4.78, 5) is 34.5. The Morgan fingerprint density at radius 2 is 1.54 bits per heavy atom. The summed E-state index contributed by atoms with van der Waals surface area (Å²) in [5.74, 6) is 0.398. The normalized spacial score (nSPS) is 17.3. The van der Waals surface area contributed by atoms with Gasteiger partial charge in [-0.25, -0.2) is 9.37 Å². The van der Waals surface area contributed by atoms with Crippen molar-refractivity contribution in [2.24, 2.45) is 17.3 Å². The molecule has 0 radical (unpaired) electrons. The van der Waals surface area contributed by atoms with E-state index in [1.165, 1.54) is 30.5 Å². The molecule has 2 heterocycles. The summed E-state index contributed by atoms with van der Waals surface area (Å²) in [5, 5.41) is 6.27. The number of ether oxygens (including phenoxy) is 3. The van der Waals surface area contributed by atoms with E-state index in [1.807, 2.05) is 13.8 Å².